The summed E-state index contributed by atoms with van der Waals surface area (Å²) in [4.78, 5) is 14.6. The third kappa shape index (κ3) is 3.67. The molecule has 0 saturated heterocycles. The predicted octanol–water partition coefficient (Wildman–Crippen LogP) is 1.82. The molecule has 1 rings (SSSR count). The first kappa shape index (κ1) is 10.2. The van der Waals surface area contributed by atoms with Gasteiger partial charge >= 0.3 is 5.97 Å². The van der Waals surface area contributed by atoms with Crippen LogP contribution in [0.5, 0.6) is 0 Å². The van der Waals surface area contributed by atoms with Gasteiger partial charge in [0.25, 0.3) is 0 Å². The van der Waals surface area contributed by atoms with Crippen LogP contribution in [0.2, 0.25) is 0 Å². The number of allylic oxidation sites excluding steroid dienone is 2. The van der Waals surface area contributed by atoms with Crippen molar-refractivity contribution in [1.29, 1.82) is 0 Å². The van der Waals surface area contributed by atoms with E-state index in [-0.39, 0.29) is 5.97 Å². The Morgan fingerprint density at radius 2 is 2.07 bits per heavy atom. The number of methoxy groups -OCH3 is 1. The van der Waals surface area contributed by atoms with Gasteiger partial charge in [0.05, 0.1) is 7.11 Å². The second kappa shape index (κ2) is 5.70. The molecule has 0 amide bonds. The predicted molar refractivity (Wildman–Crippen MR) is 54.4 cm³/mol. The van der Waals surface area contributed by atoms with Crippen LogP contribution in [0.25, 0.3) is 6.08 Å². The molecule has 1 aromatic heterocycles. The number of rotatable bonds is 3. The van der Waals surface area contributed by atoms with Crippen molar-refractivity contribution in [1.82, 2.24) is 4.98 Å². The van der Waals surface area contributed by atoms with Crippen LogP contribution < -0.4 is 0 Å². The van der Waals surface area contributed by atoms with E-state index in [4.69, 9.17) is 0 Å². The van der Waals surface area contributed by atoms with E-state index in [9.17, 15) is 4.79 Å². The first-order valence-corrected chi connectivity index (χ1v) is 4.15. The molecule has 1 heterocycles. The van der Waals surface area contributed by atoms with Gasteiger partial charge < -0.3 is 4.74 Å². The molecule has 0 aromatic carbocycles. The minimum absolute atomic E-state index is 0.357. The SMILES string of the molecule is COC(=O)C=CC=Cc1ccncc1. The lowest BCUT2D eigenvalue weighted by atomic mass is 10.2. The smallest absolute Gasteiger partial charge is 0.330 e. The van der Waals surface area contributed by atoms with Gasteiger partial charge in [0.1, 0.15) is 0 Å². The number of nitrogens with zero attached hydrogens (tertiary/aromatic N) is 1. The molecule has 0 aliphatic rings. The van der Waals surface area contributed by atoms with E-state index in [0.29, 0.717) is 0 Å². The Balaban J connectivity index is 2.50. The van der Waals surface area contributed by atoms with Crippen molar-refractivity contribution in [2.45, 2.75) is 0 Å². The van der Waals surface area contributed by atoms with Crippen molar-refractivity contribution >= 4 is 12.0 Å². The van der Waals surface area contributed by atoms with Crippen molar-refractivity contribution < 1.29 is 9.53 Å². The van der Waals surface area contributed by atoms with Crippen LogP contribution in [0.4, 0.5) is 0 Å². The van der Waals surface area contributed by atoms with Gasteiger partial charge in [0.2, 0.25) is 0 Å². The summed E-state index contributed by atoms with van der Waals surface area (Å²) in [7, 11) is 1.35. The quantitative estimate of drug-likeness (QED) is 0.413. The standard InChI is InChI=1S/C11H11NO2/c1-14-11(13)5-3-2-4-10-6-8-12-9-7-10/h2-9H,1H3. The van der Waals surface area contributed by atoms with Gasteiger partial charge in [-0.2, -0.15) is 0 Å². The first-order chi connectivity index (χ1) is 6.83. The molecule has 0 saturated carbocycles. The monoisotopic (exact) mass is 189 g/mol. The number of hydrogen-bond donors (Lipinski definition) is 0. The third-order valence-corrected chi connectivity index (χ3v) is 1.54. The highest BCUT2D eigenvalue weighted by Gasteiger charge is 1.86. The minimum Gasteiger partial charge on any atom is -0.466 e. The second-order valence-corrected chi connectivity index (χ2v) is 2.52. The molecular weight excluding hydrogens is 178 g/mol. The van der Waals surface area contributed by atoms with Crippen molar-refractivity contribution in [3.05, 3.63) is 48.3 Å². The molecule has 14 heavy (non-hydrogen) atoms. The number of esters is 1. The minimum atomic E-state index is -0.357. The molecule has 0 aliphatic carbocycles. The van der Waals surface area contributed by atoms with Gasteiger partial charge in [-0.25, -0.2) is 4.79 Å². The Hall–Kier alpha value is -1.90. The van der Waals surface area contributed by atoms with Crippen LogP contribution in [0.3, 0.4) is 0 Å². The molecule has 0 atom stereocenters. The fourth-order valence-corrected chi connectivity index (χ4v) is 0.843. The molecular formula is C11H11NO2. The Morgan fingerprint density at radius 1 is 1.36 bits per heavy atom. The zero-order valence-electron chi connectivity index (χ0n) is 7.88. The Morgan fingerprint density at radius 3 is 2.71 bits per heavy atom. The summed E-state index contributed by atoms with van der Waals surface area (Å²) in [5.41, 5.74) is 1.04. The first-order valence-electron chi connectivity index (χ1n) is 4.15. The molecule has 0 aliphatic heterocycles. The second-order valence-electron chi connectivity index (χ2n) is 2.52. The fraction of sp³-hybridized carbons (Fsp3) is 0.0909. The van der Waals surface area contributed by atoms with E-state index in [1.807, 2.05) is 18.2 Å². The number of aromatic nitrogens is 1. The molecule has 0 unspecified atom stereocenters. The molecule has 1 aromatic rings. The molecule has 0 fully saturated rings. The lowest BCUT2D eigenvalue weighted by molar-refractivity contribution is -0.134. The number of pyridine rings is 1. The van der Waals surface area contributed by atoms with E-state index in [1.165, 1.54) is 13.2 Å². The van der Waals surface area contributed by atoms with Crippen LogP contribution in [0.15, 0.2) is 42.8 Å². The van der Waals surface area contributed by atoms with Crippen molar-refractivity contribution in [3.63, 3.8) is 0 Å². The average molecular weight is 189 g/mol. The lowest BCUT2D eigenvalue weighted by Crippen LogP contribution is -1.92. The van der Waals surface area contributed by atoms with E-state index < -0.39 is 0 Å². The van der Waals surface area contributed by atoms with Crippen LogP contribution in [0, 0.1) is 0 Å². The molecule has 72 valence electrons. The Labute approximate surface area is 82.7 Å². The van der Waals surface area contributed by atoms with Crippen molar-refractivity contribution in [2.75, 3.05) is 7.11 Å². The zero-order chi connectivity index (χ0) is 10.2. The number of hydrogen-bond acceptors (Lipinski definition) is 3. The maximum Gasteiger partial charge on any atom is 0.330 e. The Bertz CT molecular complexity index is 342. The highest BCUT2D eigenvalue weighted by atomic mass is 16.5. The third-order valence-electron chi connectivity index (χ3n) is 1.54. The fourth-order valence-electron chi connectivity index (χ4n) is 0.843. The average Bonchev–Trinajstić information content (AvgIpc) is 2.25. The molecule has 3 nitrogen and oxygen atoms in total. The van der Waals surface area contributed by atoms with Gasteiger partial charge in [0, 0.05) is 18.5 Å². The summed E-state index contributed by atoms with van der Waals surface area (Å²) in [5.74, 6) is -0.357. The van der Waals surface area contributed by atoms with Crippen molar-refractivity contribution in [2.24, 2.45) is 0 Å². The highest BCUT2D eigenvalue weighted by Crippen LogP contribution is 1.98. The van der Waals surface area contributed by atoms with Crippen LogP contribution in [0.1, 0.15) is 5.56 Å². The summed E-state index contributed by atoms with van der Waals surface area (Å²) < 4.78 is 4.43. The molecule has 0 N–H and O–H groups in total. The van der Waals surface area contributed by atoms with Crippen LogP contribution >= 0.6 is 0 Å². The molecule has 3 heteroatoms. The van der Waals surface area contributed by atoms with E-state index in [2.05, 4.69) is 9.72 Å². The summed E-state index contributed by atoms with van der Waals surface area (Å²) in [6, 6.07) is 3.75. The number of ether oxygens (including phenoxy) is 1. The zero-order valence-corrected chi connectivity index (χ0v) is 7.88. The molecule has 0 bridgehead atoms. The van der Waals surface area contributed by atoms with Gasteiger partial charge in [-0.3, -0.25) is 4.98 Å². The summed E-state index contributed by atoms with van der Waals surface area (Å²) in [5, 5.41) is 0. The number of carbonyl (C=O) groups excluding carboxylic acids is 1. The number of carbonyl (C=O) groups is 1. The lowest BCUT2D eigenvalue weighted by Gasteiger charge is -1.88. The van der Waals surface area contributed by atoms with E-state index >= 15 is 0 Å². The molecule has 0 spiro atoms. The summed E-state index contributed by atoms with van der Waals surface area (Å²) in [6.45, 7) is 0. The van der Waals surface area contributed by atoms with Gasteiger partial charge in [-0.15, -0.1) is 0 Å². The molecule has 0 radical (unpaired) electrons. The van der Waals surface area contributed by atoms with Gasteiger partial charge in [0.15, 0.2) is 0 Å². The van der Waals surface area contributed by atoms with E-state index in [0.717, 1.165) is 5.56 Å². The largest absolute Gasteiger partial charge is 0.466 e. The van der Waals surface area contributed by atoms with E-state index in [1.54, 1.807) is 24.5 Å². The summed E-state index contributed by atoms with van der Waals surface area (Å²) in [6.07, 6.45) is 10.1. The highest BCUT2D eigenvalue weighted by molar-refractivity contribution is 5.82. The van der Waals surface area contributed by atoms with Gasteiger partial charge in [-0.1, -0.05) is 18.2 Å². The van der Waals surface area contributed by atoms with Crippen LogP contribution in [-0.2, 0) is 9.53 Å². The normalized spacial score (nSPS) is 10.9. The van der Waals surface area contributed by atoms with Crippen LogP contribution in [-0.4, -0.2) is 18.1 Å². The maximum absolute atomic E-state index is 10.7. The topological polar surface area (TPSA) is 39.2 Å². The Kier molecular flexibility index (Phi) is 4.14. The maximum atomic E-state index is 10.7. The summed E-state index contributed by atoms with van der Waals surface area (Å²) >= 11 is 0. The van der Waals surface area contributed by atoms with Crippen molar-refractivity contribution in [3.8, 4) is 0 Å². The van der Waals surface area contributed by atoms with Gasteiger partial charge in [-0.05, 0) is 17.7 Å².